The van der Waals surface area contributed by atoms with Crippen molar-refractivity contribution in [2.75, 3.05) is 18.8 Å². The molecule has 0 aliphatic heterocycles. The Morgan fingerprint density at radius 1 is 1.08 bits per heavy atom. The Balaban J connectivity index is 1.65. The zero-order valence-corrected chi connectivity index (χ0v) is 15.2. The van der Waals surface area contributed by atoms with E-state index in [0.29, 0.717) is 28.6 Å². The second kappa shape index (κ2) is 10.2. The molecule has 0 saturated heterocycles. The van der Waals surface area contributed by atoms with Crippen LogP contribution in [0.5, 0.6) is 0 Å². The quantitative estimate of drug-likeness (QED) is 0.658. The highest BCUT2D eigenvalue weighted by Gasteiger charge is 2.12. The summed E-state index contributed by atoms with van der Waals surface area (Å²) < 4.78 is 12.0. The summed E-state index contributed by atoms with van der Waals surface area (Å²) >= 11 is 6.00. The number of amides is 2. The molecule has 5 nitrogen and oxygen atoms in total. The zero-order chi connectivity index (χ0) is 18.1. The molecule has 0 aromatic heterocycles. The highest BCUT2D eigenvalue weighted by molar-refractivity contribution is 7.84. The monoisotopic (exact) mass is 380 g/mol. The lowest BCUT2D eigenvalue weighted by molar-refractivity contribution is 0.173. The van der Waals surface area contributed by atoms with Crippen LogP contribution in [0.1, 0.15) is 17.2 Å². The number of benzene rings is 2. The van der Waals surface area contributed by atoms with Crippen LogP contribution in [0.25, 0.3) is 0 Å². The van der Waals surface area contributed by atoms with Gasteiger partial charge in [-0.25, -0.2) is 4.79 Å². The molecule has 0 aliphatic rings. The zero-order valence-electron chi connectivity index (χ0n) is 13.7. The molecule has 7 heteroatoms. The Bertz CT molecular complexity index is 712. The molecule has 0 heterocycles. The minimum Gasteiger partial charge on any atom is -0.387 e. The molecule has 134 valence electrons. The average molecular weight is 381 g/mol. The van der Waals surface area contributed by atoms with Crippen LogP contribution in [-0.4, -0.2) is 34.2 Å². The van der Waals surface area contributed by atoms with Gasteiger partial charge in [0.2, 0.25) is 0 Å². The van der Waals surface area contributed by atoms with Crippen molar-refractivity contribution in [2.45, 2.75) is 11.9 Å². The van der Waals surface area contributed by atoms with E-state index in [1.165, 1.54) is 0 Å². The summed E-state index contributed by atoms with van der Waals surface area (Å²) in [5, 5.41) is 15.7. The first-order valence-electron chi connectivity index (χ1n) is 7.89. The van der Waals surface area contributed by atoms with Gasteiger partial charge < -0.3 is 15.7 Å². The van der Waals surface area contributed by atoms with Gasteiger partial charge in [-0.1, -0.05) is 60.1 Å². The second-order valence-corrected chi connectivity index (χ2v) is 7.43. The van der Waals surface area contributed by atoms with Crippen LogP contribution >= 0.6 is 11.6 Å². The first-order chi connectivity index (χ1) is 12.1. The number of carbonyl (C=O) groups excluding carboxylic acids is 1. The number of halogens is 1. The molecule has 0 saturated carbocycles. The number of aliphatic hydroxyl groups excluding tert-OH is 1. The molecule has 2 aromatic carbocycles. The summed E-state index contributed by atoms with van der Waals surface area (Å²) in [5.74, 6) is 0.838. The largest absolute Gasteiger partial charge is 0.387 e. The summed E-state index contributed by atoms with van der Waals surface area (Å²) in [4.78, 5) is 11.7. The van der Waals surface area contributed by atoms with Crippen LogP contribution in [0.15, 0.2) is 54.6 Å². The first kappa shape index (κ1) is 19.4. The van der Waals surface area contributed by atoms with E-state index in [1.807, 2.05) is 30.3 Å². The van der Waals surface area contributed by atoms with Gasteiger partial charge in [0, 0.05) is 46.0 Å². The number of hydrogen-bond acceptors (Lipinski definition) is 3. The van der Waals surface area contributed by atoms with Crippen molar-refractivity contribution < 1.29 is 14.1 Å². The van der Waals surface area contributed by atoms with Crippen molar-refractivity contribution in [1.29, 1.82) is 0 Å². The molecule has 2 atom stereocenters. The van der Waals surface area contributed by atoms with Crippen molar-refractivity contribution in [3.63, 3.8) is 0 Å². The standard InChI is InChI=1S/C18H21ClN2O3S/c19-16-9-5-4-8-15(16)17(22)12-21-18(23)20-10-11-25(24)13-14-6-2-1-3-7-14/h1-9,17,22H,10-13H2,(H2,20,21,23)/t17-,25-/m0/s1. The number of hydrogen-bond donors (Lipinski definition) is 3. The highest BCUT2D eigenvalue weighted by atomic mass is 35.5. The maximum absolute atomic E-state index is 12.0. The van der Waals surface area contributed by atoms with Gasteiger partial charge in [0.05, 0.1) is 6.10 Å². The maximum atomic E-state index is 12.0. The van der Waals surface area contributed by atoms with E-state index in [2.05, 4.69) is 10.6 Å². The van der Waals surface area contributed by atoms with Gasteiger partial charge in [-0.15, -0.1) is 0 Å². The first-order valence-corrected chi connectivity index (χ1v) is 9.76. The van der Waals surface area contributed by atoms with Crippen LogP contribution in [0.3, 0.4) is 0 Å². The highest BCUT2D eigenvalue weighted by Crippen LogP contribution is 2.21. The number of aliphatic hydroxyl groups is 1. The third-order valence-electron chi connectivity index (χ3n) is 3.51. The number of nitrogens with one attached hydrogen (secondary N) is 2. The summed E-state index contributed by atoms with van der Waals surface area (Å²) in [6, 6.07) is 16.1. The lowest BCUT2D eigenvalue weighted by Gasteiger charge is -2.14. The minimum absolute atomic E-state index is 0.0443. The number of rotatable bonds is 8. The van der Waals surface area contributed by atoms with Gasteiger partial charge in [0.1, 0.15) is 0 Å². The Hall–Kier alpha value is -1.89. The van der Waals surface area contributed by atoms with E-state index in [4.69, 9.17) is 11.6 Å². The Labute approximate surface area is 154 Å². The molecule has 25 heavy (non-hydrogen) atoms. The molecule has 0 spiro atoms. The molecule has 2 rings (SSSR count). The molecule has 0 unspecified atom stereocenters. The molecule has 3 N–H and O–H groups in total. The van der Waals surface area contributed by atoms with Crippen LogP contribution in [0.4, 0.5) is 4.79 Å². The van der Waals surface area contributed by atoms with Crippen LogP contribution in [0.2, 0.25) is 5.02 Å². The SMILES string of the molecule is O=C(NCC[S@](=O)Cc1ccccc1)NC[C@H](O)c1ccccc1Cl. The van der Waals surface area contributed by atoms with Gasteiger partial charge >= 0.3 is 6.03 Å². The Kier molecular flexibility index (Phi) is 7.91. The minimum atomic E-state index is -1.04. The maximum Gasteiger partial charge on any atom is 0.314 e. The lowest BCUT2D eigenvalue weighted by atomic mass is 10.1. The molecule has 2 amide bonds. The molecule has 0 radical (unpaired) electrons. The fraction of sp³-hybridized carbons (Fsp3) is 0.278. The van der Waals surface area contributed by atoms with Crippen molar-refractivity contribution >= 4 is 28.4 Å². The Morgan fingerprint density at radius 3 is 2.48 bits per heavy atom. The fourth-order valence-corrected chi connectivity index (χ4v) is 3.52. The van der Waals surface area contributed by atoms with E-state index >= 15 is 0 Å². The Morgan fingerprint density at radius 2 is 1.76 bits per heavy atom. The second-order valence-electron chi connectivity index (χ2n) is 5.45. The van der Waals surface area contributed by atoms with Crippen LogP contribution < -0.4 is 10.6 Å². The van der Waals surface area contributed by atoms with Gasteiger partial charge in [-0.05, 0) is 11.6 Å². The average Bonchev–Trinajstić information content (AvgIpc) is 2.61. The summed E-state index contributed by atoms with van der Waals surface area (Å²) in [7, 11) is -1.04. The predicted molar refractivity (Wildman–Crippen MR) is 101 cm³/mol. The fourth-order valence-electron chi connectivity index (χ4n) is 2.22. The van der Waals surface area contributed by atoms with Crippen molar-refractivity contribution in [2.24, 2.45) is 0 Å². The molecule has 2 aromatic rings. The molecule has 0 fully saturated rings. The smallest absolute Gasteiger partial charge is 0.314 e. The van der Waals surface area contributed by atoms with E-state index in [1.54, 1.807) is 24.3 Å². The number of urea groups is 1. The van der Waals surface area contributed by atoms with Crippen molar-refractivity contribution in [1.82, 2.24) is 10.6 Å². The van der Waals surface area contributed by atoms with Crippen LogP contribution in [0, 0.1) is 0 Å². The molecule has 0 aliphatic carbocycles. The van der Waals surface area contributed by atoms with Gasteiger partial charge in [-0.3, -0.25) is 4.21 Å². The van der Waals surface area contributed by atoms with Crippen molar-refractivity contribution in [3.05, 3.63) is 70.7 Å². The summed E-state index contributed by atoms with van der Waals surface area (Å²) in [6.07, 6.45) is -0.883. The third-order valence-corrected chi connectivity index (χ3v) is 5.16. The normalized spacial score (nSPS) is 13.0. The van der Waals surface area contributed by atoms with E-state index in [0.717, 1.165) is 5.56 Å². The van der Waals surface area contributed by atoms with E-state index < -0.39 is 22.9 Å². The van der Waals surface area contributed by atoms with Crippen molar-refractivity contribution in [3.8, 4) is 0 Å². The van der Waals surface area contributed by atoms with E-state index in [-0.39, 0.29) is 6.54 Å². The van der Waals surface area contributed by atoms with Gasteiger partial charge in [0.25, 0.3) is 0 Å². The summed E-state index contributed by atoms with van der Waals surface area (Å²) in [5.41, 5.74) is 1.57. The molecule has 0 bridgehead atoms. The lowest BCUT2D eigenvalue weighted by Crippen LogP contribution is -2.39. The number of carbonyl (C=O) groups is 1. The predicted octanol–water partition coefficient (Wildman–Crippen LogP) is 2.62. The molecular formula is C18H21ClN2O3S. The van der Waals surface area contributed by atoms with Gasteiger partial charge in [-0.2, -0.15) is 0 Å². The third kappa shape index (κ3) is 6.86. The summed E-state index contributed by atoms with van der Waals surface area (Å²) in [6.45, 7) is 0.343. The van der Waals surface area contributed by atoms with E-state index in [9.17, 15) is 14.1 Å². The van der Waals surface area contributed by atoms with Crippen LogP contribution in [-0.2, 0) is 16.6 Å². The topological polar surface area (TPSA) is 78.4 Å². The molecular weight excluding hydrogens is 360 g/mol. The van der Waals surface area contributed by atoms with Gasteiger partial charge in [0.15, 0.2) is 0 Å².